The third-order valence-corrected chi connectivity index (χ3v) is 16.9. The van der Waals surface area contributed by atoms with Gasteiger partial charge in [0, 0.05) is 66.7 Å². The maximum absolute atomic E-state index is 2.62. The number of para-hydroxylation sites is 1. The number of hydrogen-bond donors (Lipinski definition) is 0. The standard InChI is InChI=1S/C57H50N2S2/c1-35-15-13-19-39(29-35)58(40-27-28-54-49(31-40)57-36(2)16-14-26-55(57)60-54)51-32-46-42-21-8-10-23-44(42)52(33-47(46)41-20-7-9-22-43(41)51)59(38-17-5-4-6-18-38)50-34-48-45-24-11-12-25-53(45)61-56(48)30-37(50)3/h4-15,17-28,31-37,45,53,55,57H,16,29-30H2,1-3H3. The molecule has 12 rings (SSSR count). The van der Waals surface area contributed by atoms with Crippen molar-refractivity contribution in [3.05, 3.63) is 197 Å². The van der Waals surface area contributed by atoms with Crippen LogP contribution >= 0.6 is 23.5 Å². The maximum atomic E-state index is 2.62. The van der Waals surface area contributed by atoms with Gasteiger partial charge in [-0.1, -0.05) is 136 Å². The van der Waals surface area contributed by atoms with Gasteiger partial charge in [-0.2, -0.15) is 0 Å². The minimum atomic E-state index is 0.357. The van der Waals surface area contributed by atoms with Crippen molar-refractivity contribution in [3.8, 4) is 0 Å². The molecule has 6 aliphatic rings. The Morgan fingerprint density at radius 3 is 2.03 bits per heavy atom. The number of benzene rings is 6. The van der Waals surface area contributed by atoms with Crippen molar-refractivity contribution in [2.45, 2.75) is 61.3 Å². The van der Waals surface area contributed by atoms with Crippen molar-refractivity contribution in [2.75, 3.05) is 9.80 Å². The lowest BCUT2D eigenvalue weighted by molar-refractivity contribution is 0.460. The highest BCUT2D eigenvalue weighted by atomic mass is 32.2. The Hall–Kier alpha value is -5.42. The van der Waals surface area contributed by atoms with Gasteiger partial charge < -0.3 is 9.80 Å². The van der Waals surface area contributed by atoms with E-state index in [1.165, 1.54) is 82.5 Å². The summed E-state index contributed by atoms with van der Waals surface area (Å²) >= 11 is 4.13. The van der Waals surface area contributed by atoms with Gasteiger partial charge in [-0.15, -0.1) is 23.5 Å². The molecule has 4 aliphatic carbocycles. The highest BCUT2D eigenvalue weighted by Crippen LogP contribution is 2.56. The number of allylic oxidation sites excluding steroid dienone is 12. The number of nitrogens with zero attached hydrogens (tertiary/aromatic N) is 2. The summed E-state index contributed by atoms with van der Waals surface area (Å²) in [6.07, 6.45) is 26.9. The Labute approximate surface area is 368 Å². The van der Waals surface area contributed by atoms with Crippen LogP contribution in [0.15, 0.2) is 197 Å². The molecule has 0 amide bonds. The summed E-state index contributed by atoms with van der Waals surface area (Å²) in [5.74, 6) is 2.42. The van der Waals surface area contributed by atoms with Crippen molar-refractivity contribution in [3.63, 3.8) is 0 Å². The van der Waals surface area contributed by atoms with Crippen molar-refractivity contribution in [1.29, 1.82) is 0 Å². The van der Waals surface area contributed by atoms with E-state index in [1.807, 2.05) is 0 Å². The fraction of sp³-hybridized carbons (Fsp3) is 0.228. The molecule has 0 N–H and O–H groups in total. The van der Waals surface area contributed by atoms with Crippen LogP contribution in [0.2, 0.25) is 0 Å². The third-order valence-electron chi connectivity index (χ3n) is 14.2. The second-order valence-electron chi connectivity index (χ2n) is 18.1. The predicted molar refractivity (Wildman–Crippen MR) is 264 cm³/mol. The molecular weight excluding hydrogens is 777 g/mol. The molecule has 0 spiro atoms. The van der Waals surface area contributed by atoms with Crippen LogP contribution in [0.4, 0.5) is 22.7 Å². The summed E-state index contributed by atoms with van der Waals surface area (Å²) in [5.41, 5.74) is 10.7. The fourth-order valence-electron chi connectivity index (χ4n) is 11.2. The zero-order valence-electron chi connectivity index (χ0n) is 35.0. The summed E-state index contributed by atoms with van der Waals surface area (Å²) in [4.78, 5) is 8.22. The number of fused-ring (bicyclic) bond motifs is 10. The molecule has 6 aromatic carbocycles. The second-order valence-corrected chi connectivity index (χ2v) is 20.6. The summed E-state index contributed by atoms with van der Waals surface area (Å²) in [7, 11) is 0. The molecule has 0 fully saturated rings. The zero-order chi connectivity index (χ0) is 40.8. The molecule has 4 heteroatoms. The first-order valence-electron chi connectivity index (χ1n) is 22.3. The average molecular weight is 827 g/mol. The Morgan fingerprint density at radius 2 is 1.28 bits per heavy atom. The Bertz CT molecular complexity index is 3000. The summed E-state index contributed by atoms with van der Waals surface area (Å²) in [6, 6.07) is 41.9. The van der Waals surface area contributed by atoms with E-state index >= 15 is 0 Å². The normalized spacial score (nSPS) is 26.0. The molecule has 0 saturated carbocycles. The molecule has 61 heavy (non-hydrogen) atoms. The zero-order valence-corrected chi connectivity index (χ0v) is 36.7. The molecule has 0 radical (unpaired) electrons. The molecule has 0 aromatic heterocycles. The van der Waals surface area contributed by atoms with Crippen LogP contribution in [-0.4, -0.2) is 10.5 Å². The number of hydrogen-bond acceptors (Lipinski definition) is 4. The van der Waals surface area contributed by atoms with Crippen LogP contribution in [0, 0.1) is 23.7 Å². The smallest absolute Gasteiger partial charge is 0.0543 e. The first-order valence-corrected chi connectivity index (χ1v) is 24.1. The van der Waals surface area contributed by atoms with Gasteiger partial charge in [0.1, 0.15) is 0 Å². The van der Waals surface area contributed by atoms with Gasteiger partial charge in [-0.05, 0) is 123 Å². The van der Waals surface area contributed by atoms with E-state index in [9.17, 15) is 0 Å². The molecule has 2 heterocycles. The minimum Gasteiger partial charge on any atom is -0.314 e. The fourth-order valence-corrected chi connectivity index (χ4v) is 14.3. The number of rotatable bonds is 6. The van der Waals surface area contributed by atoms with Gasteiger partial charge in [0.05, 0.1) is 11.4 Å². The molecule has 0 bridgehead atoms. The quantitative estimate of drug-likeness (QED) is 0.122. The van der Waals surface area contributed by atoms with E-state index in [1.54, 1.807) is 4.91 Å². The van der Waals surface area contributed by atoms with Gasteiger partial charge in [0.25, 0.3) is 0 Å². The average Bonchev–Trinajstić information content (AvgIpc) is 3.85. The molecular formula is C57H50N2S2. The SMILES string of the molecule is CC1C=CC=C(N(c2ccc3c(c2)C2C(C)CC=CC2S3)c2cc3c4ccccc4c(N(C4=CC5=C(CC4C)SC4C=CC=CC54)c4ccccc4)cc3c3ccccc23)C1. The van der Waals surface area contributed by atoms with Gasteiger partial charge in [-0.25, -0.2) is 0 Å². The first-order chi connectivity index (χ1) is 30.0. The molecule has 0 saturated heterocycles. The molecule has 300 valence electrons. The van der Waals surface area contributed by atoms with E-state index in [-0.39, 0.29) is 0 Å². The lowest BCUT2D eigenvalue weighted by Crippen LogP contribution is -2.25. The highest BCUT2D eigenvalue weighted by molar-refractivity contribution is 8.04. The van der Waals surface area contributed by atoms with E-state index in [0.29, 0.717) is 40.1 Å². The predicted octanol–water partition coefficient (Wildman–Crippen LogP) is 16.1. The van der Waals surface area contributed by atoms with Crippen LogP contribution in [0.1, 0.15) is 51.5 Å². The lowest BCUT2D eigenvalue weighted by atomic mass is 9.79. The van der Waals surface area contributed by atoms with Crippen molar-refractivity contribution in [1.82, 2.24) is 0 Å². The van der Waals surface area contributed by atoms with E-state index in [4.69, 9.17) is 0 Å². The van der Waals surface area contributed by atoms with Gasteiger partial charge in [0.2, 0.25) is 0 Å². The van der Waals surface area contributed by atoms with E-state index in [2.05, 4.69) is 224 Å². The Kier molecular flexibility index (Phi) is 9.12. The minimum absolute atomic E-state index is 0.357. The van der Waals surface area contributed by atoms with Gasteiger partial charge in [-0.3, -0.25) is 0 Å². The molecule has 6 aromatic rings. The monoisotopic (exact) mass is 826 g/mol. The Balaban J connectivity index is 1.09. The topological polar surface area (TPSA) is 6.48 Å². The number of anilines is 4. The molecule has 2 nitrogen and oxygen atoms in total. The van der Waals surface area contributed by atoms with Crippen LogP contribution in [-0.2, 0) is 0 Å². The summed E-state index contributed by atoms with van der Waals surface area (Å²) < 4.78 is 0. The first kappa shape index (κ1) is 37.4. The van der Waals surface area contributed by atoms with Crippen LogP contribution in [0.3, 0.4) is 0 Å². The van der Waals surface area contributed by atoms with Crippen LogP contribution < -0.4 is 9.80 Å². The summed E-state index contributed by atoms with van der Waals surface area (Å²) in [5, 5.41) is 8.71. The highest BCUT2D eigenvalue weighted by Gasteiger charge is 2.39. The lowest BCUT2D eigenvalue weighted by Gasteiger charge is -2.36. The molecule has 2 aliphatic heterocycles. The molecule has 7 unspecified atom stereocenters. The van der Waals surface area contributed by atoms with Crippen molar-refractivity contribution in [2.24, 2.45) is 23.7 Å². The maximum Gasteiger partial charge on any atom is 0.0543 e. The largest absolute Gasteiger partial charge is 0.314 e. The number of thioether (sulfide) groups is 2. The van der Waals surface area contributed by atoms with Crippen LogP contribution in [0.5, 0.6) is 0 Å². The van der Waals surface area contributed by atoms with E-state index < -0.39 is 0 Å². The molecule has 7 atom stereocenters. The van der Waals surface area contributed by atoms with Gasteiger partial charge in [0.15, 0.2) is 0 Å². The van der Waals surface area contributed by atoms with Gasteiger partial charge >= 0.3 is 0 Å². The van der Waals surface area contributed by atoms with Crippen molar-refractivity contribution >= 4 is 78.6 Å². The Morgan fingerprint density at radius 1 is 0.574 bits per heavy atom. The van der Waals surface area contributed by atoms with Crippen LogP contribution in [0.25, 0.3) is 32.3 Å². The van der Waals surface area contributed by atoms with E-state index in [0.717, 1.165) is 19.3 Å². The summed E-state index contributed by atoms with van der Waals surface area (Å²) in [6.45, 7) is 7.22. The second kappa shape index (κ2) is 14.9. The van der Waals surface area contributed by atoms with Crippen molar-refractivity contribution < 1.29 is 0 Å². The third kappa shape index (κ3) is 6.15.